The molecule has 2 atom stereocenters. The molecule has 14 heavy (non-hydrogen) atoms. The Morgan fingerprint density at radius 1 is 1.36 bits per heavy atom. The van der Waals surface area contributed by atoms with Gasteiger partial charge in [-0.05, 0) is 14.1 Å². The van der Waals surface area contributed by atoms with Crippen LogP contribution < -0.4 is 5.73 Å². The Balaban J connectivity index is 1.68. The van der Waals surface area contributed by atoms with Crippen LogP contribution in [0.3, 0.4) is 0 Å². The second-order valence-corrected chi connectivity index (χ2v) is 4.80. The zero-order valence-electron chi connectivity index (χ0n) is 9.15. The molecule has 0 spiro atoms. The number of nitrogens with zero attached hydrogens (tertiary/aromatic N) is 2. The van der Waals surface area contributed by atoms with Crippen molar-refractivity contribution in [3.05, 3.63) is 0 Å². The van der Waals surface area contributed by atoms with Crippen molar-refractivity contribution in [1.82, 2.24) is 9.80 Å². The number of likely N-dealkylation sites (N-methyl/N-ethyl adjacent to an activating group) is 1. The van der Waals surface area contributed by atoms with Gasteiger partial charge in [-0.25, -0.2) is 0 Å². The summed E-state index contributed by atoms with van der Waals surface area (Å²) in [7, 11) is 4.29. The minimum atomic E-state index is 0.258. The number of nitrogens with two attached hydrogens (primary N) is 1. The maximum atomic E-state index is 5.94. The highest BCUT2D eigenvalue weighted by molar-refractivity contribution is 4.89. The van der Waals surface area contributed by atoms with Gasteiger partial charge in [-0.15, -0.1) is 0 Å². The molecule has 2 saturated heterocycles. The summed E-state index contributed by atoms with van der Waals surface area (Å²) >= 11 is 0. The molecule has 2 rings (SSSR count). The van der Waals surface area contributed by atoms with Crippen LogP contribution in [0, 0.1) is 5.92 Å². The summed E-state index contributed by atoms with van der Waals surface area (Å²) in [5, 5.41) is 0. The van der Waals surface area contributed by atoms with E-state index >= 15 is 0 Å². The zero-order chi connectivity index (χ0) is 10.1. The Morgan fingerprint density at radius 3 is 2.57 bits per heavy atom. The molecule has 2 aliphatic rings. The topological polar surface area (TPSA) is 41.7 Å². The lowest BCUT2D eigenvalue weighted by molar-refractivity contribution is 0.0469. The molecule has 2 heterocycles. The van der Waals surface area contributed by atoms with Crippen LogP contribution in [0.5, 0.6) is 0 Å². The van der Waals surface area contributed by atoms with Crippen LogP contribution in [0.4, 0.5) is 0 Å². The summed E-state index contributed by atoms with van der Waals surface area (Å²) in [4.78, 5) is 4.77. The van der Waals surface area contributed by atoms with E-state index in [1.807, 2.05) is 0 Å². The van der Waals surface area contributed by atoms with E-state index in [2.05, 4.69) is 23.9 Å². The number of likely N-dealkylation sites (tertiary alicyclic amines) is 1. The third-order valence-electron chi connectivity index (χ3n) is 3.41. The average Bonchev–Trinajstić information content (AvgIpc) is 2.42. The predicted molar refractivity (Wildman–Crippen MR) is 56.2 cm³/mol. The second-order valence-electron chi connectivity index (χ2n) is 4.80. The van der Waals surface area contributed by atoms with E-state index in [1.54, 1.807) is 0 Å². The molecular formula is C10H21N3O. The first-order chi connectivity index (χ1) is 6.66. The SMILES string of the molecule is CN(C)C1CN(CC2COCC2N)C1. The van der Waals surface area contributed by atoms with Gasteiger partial charge in [-0.3, -0.25) is 4.90 Å². The number of hydrogen-bond acceptors (Lipinski definition) is 4. The molecule has 0 bridgehead atoms. The van der Waals surface area contributed by atoms with Crippen LogP contribution in [-0.2, 0) is 4.74 Å². The van der Waals surface area contributed by atoms with Gasteiger partial charge in [-0.2, -0.15) is 0 Å². The Bertz CT molecular complexity index is 192. The van der Waals surface area contributed by atoms with Gasteiger partial charge >= 0.3 is 0 Å². The van der Waals surface area contributed by atoms with Crippen LogP contribution in [0.15, 0.2) is 0 Å². The quantitative estimate of drug-likeness (QED) is 0.646. The smallest absolute Gasteiger partial charge is 0.0621 e. The lowest BCUT2D eigenvalue weighted by Gasteiger charge is -2.44. The van der Waals surface area contributed by atoms with E-state index in [0.29, 0.717) is 5.92 Å². The zero-order valence-corrected chi connectivity index (χ0v) is 9.15. The van der Waals surface area contributed by atoms with Crippen LogP contribution >= 0.6 is 0 Å². The van der Waals surface area contributed by atoms with Crippen molar-refractivity contribution >= 4 is 0 Å². The number of rotatable bonds is 3. The lowest BCUT2D eigenvalue weighted by Crippen LogP contribution is -2.59. The maximum Gasteiger partial charge on any atom is 0.0621 e. The molecule has 0 amide bonds. The molecule has 4 heteroatoms. The standard InChI is InChI=1S/C10H21N3O/c1-12(2)9-4-13(5-9)3-8-6-14-7-10(8)11/h8-10H,3-7,11H2,1-2H3. The fourth-order valence-corrected chi connectivity index (χ4v) is 2.15. The van der Waals surface area contributed by atoms with Crippen molar-refractivity contribution in [3.8, 4) is 0 Å². The van der Waals surface area contributed by atoms with Gasteiger partial charge < -0.3 is 15.4 Å². The molecule has 2 unspecified atom stereocenters. The molecule has 0 saturated carbocycles. The van der Waals surface area contributed by atoms with Crippen molar-refractivity contribution in [1.29, 1.82) is 0 Å². The normalized spacial score (nSPS) is 35.1. The number of ether oxygens (including phenoxy) is 1. The van der Waals surface area contributed by atoms with Crippen molar-refractivity contribution in [2.75, 3.05) is 46.9 Å². The Morgan fingerprint density at radius 2 is 2.07 bits per heavy atom. The summed E-state index contributed by atoms with van der Waals surface area (Å²) in [5.41, 5.74) is 5.94. The number of hydrogen-bond donors (Lipinski definition) is 1. The molecule has 0 aromatic rings. The third kappa shape index (κ3) is 2.08. The van der Waals surface area contributed by atoms with Gasteiger partial charge in [0.25, 0.3) is 0 Å². The Labute approximate surface area is 86.0 Å². The first-order valence-corrected chi connectivity index (χ1v) is 5.39. The fraction of sp³-hybridized carbons (Fsp3) is 1.00. The van der Waals surface area contributed by atoms with Crippen molar-refractivity contribution in [3.63, 3.8) is 0 Å². The lowest BCUT2D eigenvalue weighted by atomic mass is 10.00. The van der Waals surface area contributed by atoms with Gasteiger partial charge in [0.2, 0.25) is 0 Å². The predicted octanol–water partition coefficient (Wildman–Crippen LogP) is -0.794. The monoisotopic (exact) mass is 199 g/mol. The first kappa shape index (κ1) is 10.4. The molecule has 0 aromatic carbocycles. The highest BCUT2D eigenvalue weighted by Crippen LogP contribution is 2.18. The van der Waals surface area contributed by atoms with E-state index in [1.165, 1.54) is 13.1 Å². The minimum Gasteiger partial charge on any atom is -0.379 e. The average molecular weight is 199 g/mol. The molecule has 0 aromatic heterocycles. The molecule has 0 radical (unpaired) electrons. The van der Waals surface area contributed by atoms with Crippen LogP contribution in [0.2, 0.25) is 0 Å². The minimum absolute atomic E-state index is 0.258. The first-order valence-electron chi connectivity index (χ1n) is 5.39. The van der Waals surface area contributed by atoms with Gasteiger partial charge in [0, 0.05) is 37.6 Å². The molecule has 2 aliphatic heterocycles. The van der Waals surface area contributed by atoms with Crippen LogP contribution in [-0.4, -0.2) is 68.8 Å². The third-order valence-corrected chi connectivity index (χ3v) is 3.41. The molecule has 4 nitrogen and oxygen atoms in total. The van der Waals surface area contributed by atoms with Gasteiger partial charge in [0.05, 0.1) is 13.2 Å². The second kappa shape index (κ2) is 4.14. The van der Waals surface area contributed by atoms with Gasteiger partial charge in [0.15, 0.2) is 0 Å². The van der Waals surface area contributed by atoms with E-state index in [-0.39, 0.29) is 6.04 Å². The maximum absolute atomic E-state index is 5.94. The van der Waals surface area contributed by atoms with E-state index in [4.69, 9.17) is 10.5 Å². The van der Waals surface area contributed by atoms with Crippen molar-refractivity contribution in [2.45, 2.75) is 12.1 Å². The van der Waals surface area contributed by atoms with Gasteiger partial charge in [-0.1, -0.05) is 0 Å². The van der Waals surface area contributed by atoms with E-state index in [9.17, 15) is 0 Å². The largest absolute Gasteiger partial charge is 0.379 e. The summed E-state index contributed by atoms with van der Waals surface area (Å²) in [5.74, 6) is 0.554. The highest BCUT2D eigenvalue weighted by Gasteiger charge is 2.33. The summed E-state index contributed by atoms with van der Waals surface area (Å²) in [6.45, 7) is 5.10. The van der Waals surface area contributed by atoms with Gasteiger partial charge in [0.1, 0.15) is 0 Å². The molecule has 2 N–H and O–H groups in total. The highest BCUT2D eigenvalue weighted by atomic mass is 16.5. The van der Waals surface area contributed by atoms with E-state index in [0.717, 1.165) is 25.8 Å². The van der Waals surface area contributed by atoms with E-state index < -0.39 is 0 Å². The fourth-order valence-electron chi connectivity index (χ4n) is 2.15. The summed E-state index contributed by atoms with van der Waals surface area (Å²) < 4.78 is 5.35. The Hall–Kier alpha value is -0.160. The molecule has 0 aliphatic carbocycles. The molecular weight excluding hydrogens is 178 g/mol. The van der Waals surface area contributed by atoms with Crippen molar-refractivity contribution < 1.29 is 4.74 Å². The van der Waals surface area contributed by atoms with Crippen LogP contribution in [0.25, 0.3) is 0 Å². The molecule has 2 fully saturated rings. The summed E-state index contributed by atoms with van der Waals surface area (Å²) in [6.07, 6.45) is 0. The van der Waals surface area contributed by atoms with Crippen molar-refractivity contribution in [2.24, 2.45) is 11.7 Å². The molecule has 82 valence electrons. The summed E-state index contributed by atoms with van der Waals surface area (Å²) in [6, 6.07) is 1.00. The van der Waals surface area contributed by atoms with Crippen LogP contribution in [0.1, 0.15) is 0 Å². The Kier molecular flexibility index (Phi) is 3.07.